The molecule has 0 bridgehead atoms. The summed E-state index contributed by atoms with van der Waals surface area (Å²) in [4.78, 5) is 2.51. The van der Waals surface area contributed by atoms with Gasteiger partial charge in [0.1, 0.15) is 0 Å². The van der Waals surface area contributed by atoms with Gasteiger partial charge >= 0.3 is 0 Å². The molecule has 0 saturated carbocycles. The summed E-state index contributed by atoms with van der Waals surface area (Å²) in [6, 6.07) is 8.58. The molecule has 0 unspecified atom stereocenters. The van der Waals surface area contributed by atoms with E-state index in [0.717, 1.165) is 26.2 Å². The number of nitrogens with zero attached hydrogens (tertiary/aromatic N) is 1. The zero-order valence-electron chi connectivity index (χ0n) is 9.96. The van der Waals surface area contributed by atoms with Crippen molar-refractivity contribution in [2.45, 2.75) is 25.9 Å². The molecule has 0 spiro atoms. The summed E-state index contributed by atoms with van der Waals surface area (Å²) in [7, 11) is 0. The van der Waals surface area contributed by atoms with Crippen LogP contribution in [0, 0.1) is 0 Å². The standard InChI is InChI=1S/C13H19BrN2/c1-13(2)10-16(7-6-15-13)9-11-4-3-5-12(14)8-11/h3-5,8,15H,6-7,9-10H2,1-2H3. The van der Waals surface area contributed by atoms with E-state index in [1.54, 1.807) is 0 Å². The second kappa shape index (κ2) is 4.86. The van der Waals surface area contributed by atoms with Gasteiger partial charge in [-0.3, -0.25) is 4.90 Å². The van der Waals surface area contributed by atoms with Gasteiger partial charge in [0.05, 0.1) is 0 Å². The summed E-state index contributed by atoms with van der Waals surface area (Å²) in [6.07, 6.45) is 0. The van der Waals surface area contributed by atoms with Crippen LogP contribution in [0.2, 0.25) is 0 Å². The quantitative estimate of drug-likeness (QED) is 0.897. The Morgan fingerprint density at radius 2 is 2.25 bits per heavy atom. The van der Waals surface area contributed by atoms with Crippen molar-refractivity contribution in [3.63, 3.8) is 0 Å². The third kappa shape index (κ3) is 3.30. The lowest BCUT2D eigenvalue weighted by atomic mass is 10.0. The molecule has 1 heterocycles. The Morgan fingerprint density at radius 3 is 2.94 bits per heavy atom. The van der Waals surface area contributed by atoms with Crippen molar-refractivity contribution in [1.82, 2.24) is 10.2 Å². The van der Waals surface area contributed by atoms with E-state index in [0.29, 0.717) is 0 Å². The molecule has 1 N–H and O–H groups in total. The number of rotatable bonds is 2. The molecule has 1 aliphatic rings. The van der Waals surface area contributed by atoms with Gasteiger partial charge in [-0.25, -0.2) is 0 Å². The van der Waals surface area contributed by atoms with Crippen molar-refractivity contribution in [2.24, 2.45) is 0 Å². The predicted octanol–water partition coefficient (Wildman–Crippen LogP) is 2.63. The minimum atomic E-state index is 0.240. The fraction of sp³-hybridized carbons (Fsp3) is 0.538. The molecule has 0 atom stereocenters. The highest BCUT2D eigenvalue weighted by atomic mass is 79.9. The highest BCUT2D eigenvalue weighted by Gasteiger charge is 2.25. The lowest BCUT2D eigenvalue weighted by Gasteiger charge is -2.39. The number of piperazine rings is 1. The monoisotopic (exact) mass is 282 g/mol. The van der Waals surface area contributed by atoms with E-state index in [1.165, 1.54) is 10.0 Å². The minimum absolute atomic E-state index is 0.240. The summed E-state index contributed by atoms with van der Waals surface area (Å²) in [5.41, 5.74) is 1.62. The van der Waals surface area contributed by atoms with Crippen molar-refractivity contribution in [3.05, 3.63) is 34.3 Å². The summed E-state index contributed by atoms with van der Waals surface area (Å²) in [6.45, 7) is 8.90. The number of halogens is 1. The molecule has 2 rings (SSSR count). The Bertz CT molecular complexity index is 363. The van der Waals surface area contributed by atoms with Gasteiger partial charge in [-0.1, -0.05) is 28.1 Å². The zero-order valence-corrected chi connectivity index (χ0v) is 11.5. The average Bonchev–Trinajstić information content (AvgIpc) is 2.15. The maximum atomic E-state index is 3.53. The van der Waals surface area contributed by atoms with Crippen LogP contribution >= 0.6 is 15.9 Å². The molecule has 0 amide bonds. The van der Waals surface area contributed by atoms with E-state index in [9.17, 15) is 0 Å². The molecule has 16 heavy (non-hydrogen) atoms. The molecule has 2 nitrogen and oxygen atoms in total. The van der Waals surface area contributed by atoms with Gasteiger partial charge in [-0.05, 0) is 31.5 Å². The molecule has 1 fully saturated rings. The van der Waals surface area contributed by atoms with Gasteiger partial charge in [-0.15, -0.1) is 0 Å². The van der Waals surface area contributed by atoms with Crippen LogP contribution in [-0.2, 0) is 6.54 Å². The molecular formula is C13H19BrN2. The molecule has 88 valence electrons. The highest BCUT2D eigenvalue weighted by Crippen LogP contribution is 2.16. The molecule has 1 saturated heterocycles. The maximum absolute atomic E-state index is 3.53. The number of benzene rings is 1. The van der Waals surface area contributed by atoms with E-state index in [-0.39, 0.29) is 5.54 Å². The normalized spacial score (nSPS) is 20.9. The van der Waals surface area contributed by atoms with Gasteiger partial charge in [0, 0.05) is 36.2 Å². The van der Waals surface area contributed by atoms with Crippen LogP contribution in [0.1, 0.15) is 19.4 Å². The fourth-order valence-corrected chi connectivity index (χ4v) is 2.72. The van der Waals surface area contributed by atoms with Crippen molar-refractivity contribution < 1.29 is 0 Å². The molecular weight excluding hydrogens is 264 g/mol. The van der Waals surface area contributed by atoms with Crippen LogP contribution in [0.25, 0.3) is 0 Å². The topological polar surface area (TPSA) is 15.3 Å². The third-order valence-corrected chi connectivity index (χ3v) is 3.44. The lowest BCUT2D eigenvalue weighted by molar-refractivity contribution is 0.148. The van der Waals surface area contributed by atoms with Crippen molar-refractivity contribution in [3.8, 4) is 0 Å². The third-order valence-electron chi connectivity index (χ3n) is 2.95. The average molecular weight is 283 g/mol. The molecule has 1 aromatic rings. The summed E-state index contributed by atoms with van der Waals surface area (Å²) in [5.74, 6) is 0. The van der Waals surface area contributed by atoms with Gasteiger partial charge in [0.25, 0.3) is 0 Å². The Morgan fingerprint density at radius 1 is 1.44 bits per heavy atom. The smallest absolute Gasteiger partial charge is 0.0252 e. The second-order valence-corrected chi connectivity index (χ2v) is 6.07. The molecule has 0 aromatic heterocycles. The SMILES string of the molecule is CC1(C)CN(Cc2cccc(Br)c2)CCN1. The Balaban J connectivity index is 1.99. The summed E-state index contributed by atoms with van der Waals surface area (Å²) in [5, 5.41) is 3.53. The Labute approximate surface area is 106 Å². The Hall–Kier alpha value is -0.380. The molecule has 1 aliphatic heterocycles. The van der Waals surface area contributed by atoms with Crippen LogP contribution in [0.5, 0.6) is 0 Å². The molecule has 3 heteroatoms. The zero-order chi connectivity index (χ0) is 11.6. The van der Waals surface area contributed by atoms with Crippen LogP contribution in [0.3, 0.4) is 0 Å². The van der Waals surface area contributed by atoms with Crippen LogP contribution < -0.4 is 5.32 Å². The largest absolute Gasteiger partial charge is 0.309 e. The van der Waals surface area contributed by atoms with E-state index in [2.05, 4.69) is 64.3 Å². The second-order valence-electron chi connectivity index (χ2n) is 5.15. The van der Waals surface area contributed by atoms with E-state index < -0.39 is 0 Å². The van der Waals surface area contributed by atoms with Crippen molar-refractivity contribution in [1.29, 1.82) is 0 Å². The van der Waals surface area contributed by atoms with Crippen LogP contribution in [-0.4, -0.2) is 30.1 Å². The van der Waals surface area contributed by atoms with Gasteiger partial charge in [0.2, 0.25) is 0 Å². The van der Waals surface area contributed by atoms with E-state index in [4.69, 9.17) is 0 Å². The predicted molar refractivity (Wildman–Crippen MR) is 71.5 cm³/mol. The first kappa shape index (κ1) is 12.1. The number of hydrogen-bond donors (Lipinski definition) is 1. The van der Waals surface area contributed by atoms with E-state index in [1.807, 2.05) is 0 Å². The summed E-state index contributed by atoms with van der Waals surface area (Å²) < 4.78 is 1.17. The van der Waals surface area contributed by atoms with Crippen LogP contribution in [0.15, 0.2) is 28.7 Å². The van der Waals surface area contributed by atoms with Crippen LogP contribution in [0.4, 0.5) is 0 Å². The highest BCUT2D eigenvalue weighted by molar-refractivity contribution is 9.10. The van der Waals surface area contributed by atoms with Gasteiger partial charge in [0.15, 0.2) is 0 Å². The van der Waals surface area contributed by atoms with Crippen molar-refractivity contribution in [2.75, 3.05) is 19.6 Å². The first-order chi connectivity index (χ1) is 7.55. The lowest BCUT2D eigenvalue weighted by Crippen LogP contribution is -2.56. The first-order valence-electron chi connectivity index (χ1n) is 5.77. The molecule has 0 radical (unpaired) electrons. The number of hydrogen-bond acceptors (Lipinski definition) is 2. The fourth-order valence-electron chi connectivity index (χ4n) is 2.27. The Kier molecular flexibility index (Phi) is 3.67. The van der Waals surface area contributed by atoms with Gasteiger partial charge in [-0.2, -0.15) is 0 Å². The van der Waals surface area contributed by atoms with Crippen molar-refractivity contribution >= 4 is 15.9 Å². The molecule has 1 aromatic carbocycles. The number of nitrogens with one attached hydrogen (secondary N) is 1. The van der Waals surface area contributed by atoms with E-state index >= 15 is 0 Å². The minimum Gasteiger partial charge on any atom is -0.309 e. The summed E-state index contributed by atoms with van der Waals surface area (Å²) >= 11 is 3.52. The maximum Gasteiger partial charge on any atom is 0.0252 e. The van der Waals surface area contributed by atoms with Gasteiger partial charge < -0.3 is 5.32 Å². The molecule has 0 aliphatic carbocycles. The first-order valence-corrected chi connectivity index (χ1v) is 6.56.